The lowest BCUT2D eigenvalue weighted by atomic mass is 10.0. The number of aryl methyl sites for hydroxylation is 1. The quantitative estimate of drug-likeness (QED) is 0.306. The highest BCUT2D eigenvalue weighted by Crippen LogP contribution is 2.31. The predicted molar refractivity (Wildman–Crippen MR) is 115 cm³/mol. The molecule has 0 fully saturated rings. The van der Waals surface area contributed by atoms with E-state index in [4.69, 9.17) is 0 Å². The molecule has 0 aliphatic rings. The van der Waals surface area contributed by atoms with Gasteiger partial charge in [0, 0.05) is 11.8 Å². The summed E-state index contributed by atoms with van der Waals surface area (Å²) in [6.45, 7) is 2.04. The zero-order chi connectivity index (χ0) is 19.3. The van der Waals surface area contributed by atoms with Gasteiger partial charge in [0.05, 0.1) is 11.4 Å². The summed E-state index contributed by atoms with van der Waals surface area (Å²) in [5, 5.41) is 21.0. The Balaban J connectivity index is 1.68. The van der Waals surface area contributed by atoms with Crippen LogP contribution in [0.25, 0.3) is 10.8 Å². The molecule has 0 unspecified atom stereocenters. The summed E-state index contributed by atoms with van der Waals surface area (Å²) in [5.41, 5.74) is 4.00. The monoisotopic (exact) mass is 365 g/mol. The van der Waals surface area contributed by atoms with Crippen LogP contribution in [-0.2, 0) is 0 Å². The average molecular weight is 365 g/mol. The second kappa shape index (κ2) is 7.84. The highest BCUT2D eigenvalue weighted by Gasteiger charge is 2.05. The van der Waals surface area contributed by atoms with Gasteiger partial charge in [0.25, 0.3) is 0 Å². The van der Waals surface area contributed by atoms with Crippen LogP contribution in [-0.4, -0.2) is 11.3 Å². The molecular formula is C24H19N3O. The molecule has 0 spiro atoms. The Morgan fingerprint density at radius 2 is 1.43 bits per heavy atom. The van der Waals surface area contributed by atoms with Gasteiger partial charge in [0.15, 0.2) is 0 Å². The van der Waals surface area contributed by atoms with Gasteiger partial charge in [-0.25, -0.2) is 0 Å². The summed E-state index contributed by atoms with van der Waals surface area (Å²) < 4.78 is 0. The van der Waals surface area contributed by atoms with Crippen molar-refractivity contribution in [3.8, 4) is 5.75 Å². The smallest absolute Gasteiger partial charge is 0.124 e. The maximum absolute atomic E-state index is 10.3. The highest BCUT2D eigenvalue weighted by atomic mass is 16.3. The van der Waals surface area contributed by atoms with E-state index in [1.54, 1.807) is 12.3 Å². The number of benzene rings is 4. The van der Waals surface area contributed by atoms with Crippen molar-refractivity contribution >= 4 is 34.0 Å². The van der Waals surface area contributed by atoms with E-state index in [-0.39, 0.29) is 5.75 Å². The number of phenols is 1. The number of aromatic hydroxyl groups is 1. The molecule has 4 aromatic rings. The Bertz CT molecular complexity index is 1180. The van der Waals surface area contributed by atoms with Crippen LogP contribution < -0.4 is 0 Å². The maximum atomic E-state index is 10.3. The number of hydrogen-bond acceptors (Lipinski definition) is 4. The average Bonchev–Trinajstić information content (AvgIpc) is 2.73. The van der Waals surface area contributed by atoms with E-state index in [0.29, 0.717) is 16.9 Å². The Kier molecular flexibility index (Phi) is 4.93. The second-order valence-electron chi connectivity index (χ2n) is 6.50. The van der Waals surface area contributed by atoms with Crippen LogP contribution in [0.3, 0.4) is 0 Å². The first-order valence-electron chi connectivity index (χ1n) is 9.03. The fourth-order valence-electron chi connectivity index (χ4n) is 2.93. The summed E-state index contributed by atoms with van der Waals surface area (Å²) in [5.74, 6) is 0.196. The molecular weight excluding hydrogens is 346 g/mol. The molecule has 4 nitrogen and oxygen atoms in total. The molecule has 136 valence electrons. The first-order chi connectivity index (χ1) is 13.7. The lowest BCUT2D eigenvalue weighted by Crippen LogP contribution is -1.85. The van der Waals surface area contributed by atoms with Crippen LogP contribution in [0.4, 0.5) is 17.1 Å². The zero-order valence-corrected chi connectivity index (χ0v) is 15.4. The second-order valence-corrected chi connectivity index (χ2v) is 6.50. The molecule has 0 heterocycles. The molecule has 4 heteroatoms. The largest absolute Gasteiger partial charge is 0.507 e. The molecule has 1 N–H and O–H groups in total. The van der Waals surface area contributed by atoms with Gasteiger partial charge in [0.1, 0.15) is 11.4 Å². The summed E-state index contributed by atoms with van der Waals surface area (Å²) in [7, 11) is 0. The van der Waals surface area contributed by atoms with Crippen molar-refractivity contribution in [2.75, 3.05) is 0 Å². The summed E-state index contributed by atoms with van der Waals surface area (Å²) in [6, 6.07) is 26.9. The zero-order valence-electron chi connectivity index (χ0n) is 15.4. The summed E-state index contributed by atoms with van der Waals surface area (Å²) in [4.78, 5) is 4.58. The minimum absolute atomic E-state index is 0.196. The Morgan fingerprint density at radius 1 is 0.714 bits per heavy atom. The normalized spacial score (nSPS) is 11.6. The van der Waals surface area contributed by atoms with Crippen molar-refractivity contribution in [2.45, 2.75) is 6.92 Å². The van der Waals surface area contributed by atoms with Crippen LogP contribution in [0.2, 0.25) is 0 Å². The van der Waals surface area contributed by atoms with Crippen LogP contribution in [0, 0.1) is 6.92 Å². The van der Waals surface area contributed by atoms with Crippen LogP contribution in [0.5, 0.6) is 5.75 Å². The predicted octanol–water partition coefficient (Wildman–Crippen LogP) is 7.02. The van der Waals surface area contributed by atoms with Crippen LogP contribution in [0.15, 0.2) is 100 Å². The third kappa shape index (κ3) is 3.81. The number of hydrogen-bond donors (Lipinski definition) is 1. The maximum Gasteiger partial charge on any atom is 0.124 e. The Morgan fingerprint density at radius 3 is 2.25 bits per heavy atom. The van der Waals surface area contributed by atoms with E-state index in [9.17, 15) is 5.11 Å². The van der Waals surface area contributed by atoms with E-state index < -0.39 is 0 Å². The molecule has 4 rings (SSSR count). The van der Waals surface area contributed by atoms with E-state index in [1.165, 1.54) is 5.56 Å². The topological polar surface area (TPSA) is 57.3 Å². The van der Waals surface area contributed by atoms with E-state index in [2.05, 4.69) is 15.2 Å². The fourth-order valence-corrected chi connectivity index (χ4v) is 2.93. The van der Waals surface area contributed by atoms with Crippen molar-refractivity contribution in [3.05, 3.63) is 96.1 Å². The summed E-state index contributed by atoms with van der Waals surface area (Å²) >= 11 is 0. The fraction of sp³-hybridized carbons (Fsp3) is 0.0417. The number of nitrogens with zero attached hydrogens (tertiary/aromatic N) is 3. The third-order valence-electron chi connectivity index (χ3n) is 4.47. The molecule has 28 heavy (non-hydrogen) atoms. The van der Waals surface area contributed by atoms with Gasteiger partial charge in [-0.1, -0.05) is 60.2 Å². The first kappa shape index (κ1) is 17.6. The molecule has 0 aliphatic heterocycles. The molecule has 0 aromatic heterocycles. The van der Waals surface area contributed by atoms with Crippen molar-refractivity contribution < 1.29 is 5.11 Å². The van der Waals surface area contributed by atoms with Gasteiger partial charge in [-0.3, -0.25) is 4.99 Å². The van der Waals surface area contributed by atoms with Crippen molar-refractivity contribution in [1.82, 2.24) is 0 Å². The van der Waals surface area contributed by atoms with Crippen molar-refractivity contribution in [2.24, 2.45) is 15.2 Å². The third-order valence-corrected chi connectivity index (χ3v) is 4.47. The van der Waals surface area contributed by atoms with Gasteiger partial charge in [0.2, 0.25) is 0 Å². The van der Waals surface area contributed by atoms with Crippen LogP contribution in [0.1, 0.15) is 11.1 Å². The van der Waals surface area contributed by atoms with E-state index >= 15 is 0 Å². The van der Waals surface area contributed by atoms with Gasteiger partial charge in [-0.2, -0.15) is 5.11 Å². The first-order valence-corrected chi connectivity index (χ1v) is 9.03. The molecule has 0 atom stereocenters. The lowest BCUT2D eigenvalue weighted by molar-refractivity contribution is 0.475. The number of para-hydroxylation sites is 1. The van der Waals surface area contributed by atoms with Gasteiger partial charge in [-0.05, 0) is 48.0 Å². The van der Waals surface area contributed by atoms with Crippen molar-refractivity contribution in [3.63, 3.8) is 0 Å². The Hall–Kier alpha value is -3.79. The molecule has 4 aromatic carbocycles. The van der Waals surface area contributed by atoms with E-state index in [0.717, 1.165) is 16.5 Å². The summed E-state index contributed by atoms with van der Waals surface area (Å²) in [6.07, 6.45) is 1.68. The minimum Gasteiger partial charge on any atom is -0.507 e. The van der Waals surface area contributed by atoms with Crippen molar-refractivity contribution in [1.29, 1.82) is 0 Å². The van der Waals surface area contributed by atoms with Crippen LogP contribution >= 0.6 is 0 Å². The standard InChI is InChI=1S/C24H19N3O/c1-17-10-13-19(14-11-17)26-27-23-9-5-4-8-22(23)25-16-21-20-7-3-2-6-18(20)12-15-24(21)28/h2-16,28H,1H3. The molecule has 0 radical (unpaired) electrons. The van der Waals surface area contributed by atoms with Gasteiger partial charge >= 0.3 is 0 Å². The highest BCUT2D eigenvalue weighted by molar-refractivity contribution is 6.03. The number of fused-ring (bicyclic) bond motifs is 1. The van der Waals surface area contributed by atoms with Gasteiger partial charge in [-0.15, -0.1) is 5.11 Å². The molecule has 0 amide bonds. The van der Waals surface area contributed by atoms with Gasteiger partial charge < -0.3 is 5.11 Å². The number of azo groups is 1. The number of rotatable bonds is 4. The minimum atomic E-state index is 0.196. The number of aliphatic imine (C=N–C) groups is 1. The SMILES string of the molecule is Cc1ccc(N=Nc2ccccc2N=Cc2c(O)ccc3ccccc23)cc1. The molecule has 0 bridgehead atoms. The lowest BCUT2D eigenvalue weighted by Gasteiger charge is -2.05. The number of phenolic OH excluding ortho intramolecular Hbond substituents is 1. The van der Waals surface area contributed by atoms with E-state index in [1.807, 2.05) is 85.8 Å². The Labute approximate surface area is 163 Å². The molecule has 0 aliphatic carbocycles. The molecule has 0 saturated heterocycles. The molecule has 0 saturated carbocycles.